The Morgan fingerprint density at radius 1 is 0.955 bits per heavy atom. The minimum Gasteiger partial charge on any atom is -0.258 e. The van der Waals surface area contributed by atoms with E-state index in [-0.39, 0.29) is 10.6 Å². The molecule has 0 bridgehead atoms. The van der Waals surface area contributed by atoms with Gasteiger partial charge in [0.15, 0.2) is 0 Å². The first-order valence-corrected chi connectivity index (χ1v) is 8.41. The van der Waals surface area contributed by atoms with Gasteiger partial charge in [0, 0.05) is 26.9 Å². The molecule has 3 nitrogen and oxygen atoms in total. The van der Waals surface area contributed by atoms with Gasteiger partial charge in [-0.3, -0.25) is 10.1 Å². The van der Waals surface area contributed by atoms with Crippen LogP contribution in [0.5, 0.6) is 0 Å². The van der Waals surface area contributed by atoms with Gasteiger partial charge < -0.3 is 0 Å². The number of nitro benzene ring substituents is 1. The van der Waals surface area contributed by atoms with Crippen LogP contribution >= 0.6 is 34.7 Å². The summed E-state index contributed by atoms with van der Waals surface area (Å²) in [6.07, 6.45) is 0. The summed E-state index contributed by atoms with van der Waals surface area (Å²) in [6.45, 7) is 0. The Balaban J connectivity index is 1.78. The molecule has 0 radical (unpaired) electrons. The number of non-ortho nitro benzene ring substituents is 1. The second-order valence-corrected chi connectivity index (χ2v) is 7.37. The number of benzene rings is 2. The lowest BCUT2D eigenvalue weighted by molar-refractivity contribution is -0.384. The molecular formula is C16H10ClNO2S2. The van der Waals surface area contributed by atoms with Crippen molar-refractivity contribution in [3.8, 4) is 10.4 Å². The van der Waals surface area contributed by atoms with Gasteiger partial charge in [-0.15, -0.1) is 11.3 Å². The zero-order chi connectivity index (χ0) is 15.5. The first-order chi connectivity index (χ1) is 10.6. The number of hydrogen-bond acceptors (Lipinski definition) is 4. The van der Waals surface area contributed by atoms with Gasteiger partial charge in [0.2, 0.25) is 0 Å². The Hall–Kier alpha value is -1.82. The van der Waals surface area contributed by atoms with Crippen molar-refractivity contribution in [2.45, 2.75) is 9.10 Å². The summed E-state index contributed by atoms with van der Waals surface area (Å²) in [4.78, 5) is 12.5. The fourth-order valence-electron chi connectivity index (χ4n) is 1.90. The quantitative estimate of drug-likeness (QED) is 0.421. The van der Waals surface area contributed by atoms with Gasteiger partial charge in [-0.05, 0) is 54.1 Å². The second-order valence-electron chi connectivity index (χ2n) is 4.48. The molecule has 1 heterocycles. The molecule has 0 saturated carbocycles. The van der Waals surface area contributed by atoms with E-state index >= 15 is 0 Å². The van der Waals surface area contributed by atoms with Crippen molar-refractivity contribution in [2.75, 3.05) is 0 Å². The van der Waals surface area contributed by atoms with Crippen LogP contribution < -0.4 is 0 Å². The zero-order valence-corrected chi connectivity index (χ0v) is 13.6. The Bertz CT molecular complexity index is 798. The maximum atomic E-state index is 10.7. The van der Waals surface area contributed by atoms with E-state index in [1.807, 2.05) is 30.3 Å². The molecule has 3 aromatic rings. The summed E-state index contributed by atoms with van der Waals surface area (Å²) in [5.74, 6) is 0. The molecule has 1 aromatic heterocycles. The third kappa shape index (κ3) is 3.50. The standard InChI is InChI=1S/C16H10ClNO2S2/c17-12-3-7-14(8-4-12)21-16-10-9-15(22-16)11-1-5-13(6-2-11)18(19)20/h1-10H. The zero-order valence-electron chi connectivity index (χ0n) is 11.2. The summed E-state index contributed by atoms with van der Waals surface area (Å²) in [5, 5.41) is 11.4. The number of nitro groups is 1. The molecule has 0 atom stereocenters. The maximum Gasteiger partial charge on any atom is 0.269 e. The SMILES string of the molecule is O=[N+]([O-])c1ccc(-c2ccc(Sc3ccc(Cl)cc3)s2)cc1. The highest BCUT2D eigenvalue weighted by Gasteiger charge is 2.08. The van der Waals surface area contributed by atoms with Crippen LogP contribution in [0.2, 0.25) is 5.02 Å². The van der Waals surface area contributed by atoms with Crippen LogP contribution in [0.4, 0.5) is 5.69 Å². The molecule has 0 amide bonds. The van der Waals surface area contributed by atoms with E-state index in [0.29, 0.717) is 0 Å². The van der Waals surface area contributed by atoms with E-state index in [1.54, 1.807) is 35.2 Å². The summed E-state index contributed by atoms with van der Waals surface area (Å²) in [5.41, 5.74) is 1.09. The van der Waals surface area contributed by atoms with E-state index in [4.69, 9.17) is 11.6 Å². The fraction of sp³-hybridized carbons (Fsp3) is 0. The van der Waals surface area contributed by atoms with Crippen molar-refractivity contribution in [1.82, 2.24) is 0 Å². The van der Waals surface area contributed by atoms with Crippen molar-refractivity contribution in [2.24, 2.45) is 0 Å². The van der Waals surface area contributed by atoms with E-state index in [1.165, 1.54) is 12.1 Å². The first kappa shape index (κ1) is 15.1. The number of nitrogens with zero attached hydrogens (tertiary/aromatic N) is 1. The van der Waals surface area contributed by atoms with Crippen molar-refractivity contribution >= 4 is 40.4 Å². The smallest absolute Gasteiger partial charge is 0.258 e. The molecule has 0 N–H and O–H groups in total. The highest BCUT2D eigenvalue weighted by molar-refractivity contribution is 8.01. The normalized spacial score (nSPS) is 10.6. The Morgan fingerprint density at radius 2 is 1.64 bits per heavy atom. The first-order valence-electron chi connectivity index (χ1n) is 6.40. The maximum absolute atomic E-state index is 10.7. The van der Waals surface area contributed by atoms with Crippen molar-refractivity contribution in [3.63, 3.8) is 0 Å². The number of thiophene rings is 1. The molecule has 6 heteroatoms. The molecule has 0 aliphatic carbocycles. The summed E-state index contributed by atoms with van der Waals surface area (Å²) < 4.78 is 1.16. The van der Waals surface area contributed by atoms with E-state index in [2.05, 4.69) is 6.07 Å². The Labute approximate surface area is 140 Å². The number of hydrogen-bond donors (Lipinski definition) is 0. The van der Waals surface area contributed by atoms with Crippen LogP contribution in [-0.2, 0) is 0 Å². The van der Waals surface area contributed by atoms with E-state index < -0.39 is 0 Å². The Kier molecular flexibility index (Phi) is 4.47. The molecule has 0 fully saturated rings. The number of halogens is 1. The molecule has 0 unspecified atom stereocenters. The lowest BCUT2D eigenvalue weighted by atomic mass is 10.2. The molecule has 0 aliphatic rings. The molecule has 3 rings (SSSR count). The third-order valence-electron chi connectivity index (χ3n) is 2.98. The van der Waals surface area contributed by atoms with Crippen LogP contribution in [0, 0.1) is 10.1 Å². The monoisotopic (exact) mass is 347 g/mol. The lowest BCUT2D eigenvalue weighted by Gasteiger charge is -1.99. The van der Waals surface area contributed by atoms with Gasteiger partial charge in [-0.1, -0.05) is 23.4 Å². The predicted octanol–water partition coefficient (Wildman–Crippen LogP) is 6.13. The van der Waals surface area contributed by atoms with E-state index in [9.17, 15) is 10.1 Å². The molecule has 0 spiro atoms. The van der Waals surface area contributed by atoms with Crippen molar-refractivity contribution in [1.29, 1.82) is 0 Å². The molecule has 2 aromatic carbocycles. The van der Waals surface area contributed by atoms with Gasteiger partial charge in [-0.25, -0.2) is 0 Å². The molecule has 110 valence electrons. The van der Waals surface area contributed by atoms with Crippen LogP contribution in [-0.4, -0.2) is 4.92 Å². The van der Waals surface area contributed by atoms with Crippen LogP contribution in [0.25, 0.3) is 10.4 Å². The van der Waals surface area contributed by atoms with Gasteiger partial charge in [0.05, 0.1) is 9.13 Å². The highest BCUT2D eigenvalue weighted by Crippen LogP contribution is 2.38. The number of rotatable bonds is 4. The van der Waals surface area contributed by atoms with E-state index in [0.717, 1.165) is 24.6 Å². The minimum absolute atomic E-state index is 0.107. The summed E-state index contributed by atoms with van der Waals surface area (Å²) in [7, 11) is 0. The van der Waals surface area contributed by atoms with Gasteiger partial charge in [0.25, 0.3) is 5.69 Å². The van der Waals surface area contributed by atoms with Crippen LogP contribution in [0.15, 0.2) is 69.8 Å². The van der Waals surface area contributed by atoms with Crippen LogP contribution in [0.1, 0.15) is 0 Å². The average Bonchev–Trinajstić information content (AvgIpc) is 2.98. The van der Waals surface area contributed by atoms with Gasteiger partial charge in [0.1, 0.15) is 0 Å². The summed E-state index contributed by atoms with van der Waals surface area (Å²) in [6, 6.07) is 18.4. The fourth-order valence-corrected chi connectivity index (χ4v) is 4.13. The van der Waals surface area contributed by atoms with Gasteiger partial charge >= 0.3 is 0 Å². The Morgan fingerprint density at radius 3 is 2.27 bits per heavy atom. The van der Waals surface area contributed by atoms with Crippen molar-refractivity contribution < 1.29 is 4.92 Å². The van der Waals surface area contributed by atoms with Crippen molar-refractivity contribution in [3.05, 3.63) is 75.8 Å². The average molecular weight is 348 g/mol. The lowest BCUT2D eigenvalue weighted by Crippen LogP contribution is -1.86. The molecule has 0 aliphatic heterocycles. The largest absolute Gasteiger partial charge is 0.269 e. The molecular weight excluding hydrogens is 338 g/mol. The second kappa shape index (κ2) is 6.52. The third-order valence-corrected chi connectivity index (χ3v) is 5.50. The molecule has 22 heavy (non-hydrogen) atoms. The topological polar surface area (TPSA) is 43.1 Å². The van der Waals surface area contributed by atoms with Crippen LogP contribution in [0.3, 0.4) is 0 Å². The minimum atomic E-state index is -0.389. The molecule has 0 saturated heterocycles. The summed E-state index contributed by atoms with van der Waals surface area (Å²) >= 11 is 9.21. The van der Waals surface area contributed by atoms with Gasteiger partial charge in [-0.2, -0.15) is 0 Å². The highest BCUT2D eigenvalue weighted by atomic mass is 35.5. The predicted molar refractivity (Wildman–Crippen MR) is 92.0 cm³/mol.